The van der Waals surface area contributed by atoms with Crippen LogP contribution in [0, 0.1) is 5.92 Å². The summed E-state index contributed by atoms with van der Waals surface area (Å²) < 4.78 is 5.26. The normalized spacial score (nSPS) is 19.5. The summed E-state index contributed by atoms with van der Waals surface area (Å²) in [6, 6.07) is 1.97. The Balaban J connectivity index is 2.11. The number of nitrogens with zero attached hydrogens (tertiary/aromatic N) is 3. The molecule has 19 heavy (non-hydrogen) atoms. The average molecular weight is 265 g/mol. The minimum Gasteiger partial charge on any atom is -0.384 e. The van der Waals surface area contributed by atoms with Gasteiger partial charge < -0.3 is 20.7 Å². The molecular formula is C13H23N5O. The lowest BCUT2D eigenvalue weighted by Gasteiger charge is -2.33. The summed E-state index contributed by atoms with van der Waals surface area (Å²) in [6.45, 7) is 5.64. The van der Waals surface area contributed by atoms with Crippen LogP contribution >= 0.6 is 0 Å². The predicted octanol–water partition coefficient (Wildman–Crippen LogP) is 1.35. The fraction of sp³-hybridized carbons (Fsp3) is 0.692. The number of ether oxygens (including phenoxy) is 1. The zero-order chi connectivity index (χ0) is 13.7. The molecule has 1 saturated heterocycles. The third-order valence-corrected chi connectivity index (χ3v) is 3.33. The number of nitrogens with one attached hydrogen (secondary N) is 1. The molecular weight excluding hydrogens is 242 g/mol. The zero-order valence-electron chi connectivity index (χ0n) is 11.7. The van der Waals surface area contributed by atoms with E-state index >= 15 is 0 Å². The maximum Gasteiger partial charge on any atom is 0.223 e. The van der Waals surface area contributed by atoms with Crippen molar-refractivity contribution in [1.82, 2.24) is 9.97 Å². The topological polar surface area (TPSA) is 76.3 Å². The average Bonchev–Trinajstić information content (AvgIpc) is 2.39. The number of methoxy groups -OCH3 is 1. The van der Waals surface area contributed by atoms with Gasteiger partial charge in [0.1, 0.15) is 11.6 Å². The van der Waals surface area contributed by atoms with Crippen LogP contribution in [0.1, 0.15) is 19.8 Å². The minimum atomic E-state index is 0.322. The second-order valence-corrected chi connectivity index (χ2v) is 4.91. The van der Waals surface area contributed by atoms with Crippen LogP contribution in [0.25, 0.3) is 0 Å². The summed E-state index contributed by atoms with van der Waals surface area (Å²) >= 11 is 0. The number of piperidine rings is 1. The Morgan fingerprint density at radius 3 is 3.11 bits per heavy atom. The Morgan fingerprint density at radius 1 is 1.53 bits per heavy atom. The highest BCUT2D eigenvalue weighted by molar-refractivity contribution is 5.52. The maximum atomic E-state index is 5.78. The van der Waals surface area contributed by atoms with E-state index < -0.39 is 0 Å². The molecule has 1 aromatic rings. The van der Waals surface area contributed by atoms with E-state index in [1.807, 2.05) is 13.0 Å². The molecule has 0 amide bonds. The molecule has 0 saturated carbocycles. The molecule has 1 atom stereocenters. The van der Waals surface area contributed by atoms with Crippen molar-refractivity contribution in [1.29, 1.82) is 0 Å². The lowest BCUT2D eigenvalue weighted by atomic mass is 9.99. The Labute approximate surface area is 114 Å². The summed E-state index contributed by atoms with van der Waals surface area (Å²) in [4.78, 5) is 10.8. The first-order valence-corrected chi connectivity index (χ1v) is 6.85. The van der Waals surface area contributed by atoms with E-state index in [0.717, 1.165) is 44.3 Å². The smallest absolute Gasteiger partial charge is 0.223 e. The molecule has 2 heterocycles. The van der Waals surface area contributed by atoms with E-state index in [2.05, 4.69) is 20.2 Å². The quantitative estimate of drug-likeness (QED) is 0.837. The van der Waals surface area contributed by atoms with E-state index in [0.29, 0.717) is 11.9 Å². The fourth-order valence-electron chi connectivity index (χ4n) is 2.53. The van der Waals surface area contributed by atoms with Crippen LogP contribution in [0.5, 0.6) is 0 Å². The fourth-order valence-corrected chi connectivity index (χ4v) is 2.53. The number of rotatable bonds is 5. The lowest BCUT2D eigenvalue weighted by Crippen LogP contribution is -2.37. The monoisotopic (exact) mass is 265 g/mol. The second-order valence-electron chi connectivity index (χ2n) is 4.91. The molecule has 3 N–H and O–H groups in total. The number of hydrogen-bond acceptors (Lipinski definition) is 6. The Bertz CT molecular complexity index is 410. The van der Waals surface area contributed by atoms with Crippen molar-refractivity contribution < 1.29 is 4.74 Å². The van der Waals surface area contributed by atoms with Gasteiger partial charge in [0.25, 0.3) is 0 Å². The van der Waals surface area contributed by atoms with Gasteiger partial charge in [-0.15, -0.1) is 0 Å². The van der Waals surface area contributed by atoms with Gasteiger partial charge in [0, 0.05) is 32.8 Å². The van der Waals surface area contributed by atoms with E-state index in [4.69, 9.17) is 10.5 Å². The van der Waals surface area contributed by atoms with Crippen molar-refractivity contribution in [3.8, 4) is 0 Å². The molecule has 0 aromatic carbocycles. The minimum absolute atomic E-state index is 0.322. The van der Waals surface area contributed by atoms with Crippen LogP contribution < -0.4 is 16.0 Å². The number of aromatic nitrogens is 2. The molecule has 1 aromatic heterocycles. The molecule has 6 nitrogen and oxygen atoms in total. The first-order chi connectivity index (χ1) is 9.22. The Kier molecular flexibility index (Phi) is 4.79. The summed E-state index contributed by atoms with van der Waals surface area (Å²) in [6.07, 6.45) is 2.37. The van der Waals surface area contributed by atoms with Gasteiger partial charge in [-0.25, -0.2) is 0 Å². The maximum absolute atomic E-state index is 5.78. The van der Waals surface area contributed by atoms with Crippen LogP contribution in [-0.4, -0.2) is 43.3 Å². The van der Waals surface area contributed by atoms with Gasteiger partial charge in [0.05, 0.1) is 6.61 Å². The molecule has 106 valence electrons. The number of anilines is 3. The van der Waals surface area contributed by atoms with Gasteiger partial charge in [-0.05, 0) is 25.7 Å². The third kappa shape index (κ3) is 3.70. The van der Waals surface area contributed by atoms with Crippen molar-refractivity contribution in [2.24, 2.45) is 5.92 Å². The van der Waals surface area contributed by atoms with Gasteiger partial charge in [0.2, 0.25) is 5.95 Å². The molecule has 0 bridgehead atoms. The molecule has 6 heteroatoms. The molecule has 1 aliphatic heterocycles. The number of nitrogen functional groups attached to an aromatic ring is 1. The molecule has 2 rings (SSSR count). The van der Waals surface area contributed by atoms with Crippen molar-refractivity contribution in [2.75, 3.05) is 49.3 Å². The SMILES string of the molecule is CCNc1cc(N2CCCC(COC)C2)nc(N)n1. The molecule has 1 unspecified atom stereocenters. The Hall–Kier alpha value is -1.56. The van der Waals surface area contributed by atoms with Crippen molar-refractivity contribution in [3.63, 3.8) is 0 Å². The van der Waals surface area contributed by atoms with Crippen LogP contribution in [0.2, 0.25) is 0 Å². The van der Waals surface area contributed by atoms with Crippen LogP contribution in [-0.2, 0) is 4.74 Å². The summed E-state index contributed by atoms with van der Waals surface area (Å²) in [5.74, 6) is 2.59. The third-order valence-electron chi connectivity index (χ3n) is 3.33. The van der Waals surface area contributed by atoms with Crippen molar-refractivity contribution in [3.05, 3.63) is 6.07 Å². The highest BCUT2D eigenvalue weighted by Crippen LogP contribution is 2.24. The van der Waals surface area contributed by atoms with E-state index in [1.54, 1.807) is 7.11 Å². The highest BCUT2D eigenvalue weighted by Gasteiger charge is 2.21. The van der Waals surface area contributed by atoms with E-state index in [-0.39, 0.29) is 0 Å². The van der Waals surface area contributed by atoms with Crippen LogP contribution in [0.15, 0.2) is 6.07 Å². The van der Waals surface area contributed by atoms with Gasteiger partial charge >= 0.3 is 0 Å². The zero-order valence-corrected chi connectivity index (χ0v) is 11.7. The lowest BCUT2D eigenvalue weighted by molar-refractivity contribution is 0.143. The number of hydrogen-bond donors (Lipinski definition) is 2. The predicted molar refractivity (Wildman–Crippen MR) is 77.4 cm³/mol. The van der Waals surface area contributed by atoms with Crippen molar-refractivity contribution >= 4 is 17.6 Å². The van der Waals surface area contributed by atoms with E-state index in [9.17, 15) is 0 Å². The first-order valence-electron chi connectivity index (χ1n) is 6.85. The number of nitrogens with two attached hydrogens (primary N) is 1. The van der Waals surface area contributed by atoms with E-state index in [1.165, 1.54) is 6.42 Å². The molecule has 1 fully saturated rings. The highest BCUT2D eigenvalue weighted by atomic mass is 16.5. The van der Waals surface area contributed by atoms with Gasteiger partial charge in [-0.2, -0.15) is 9.97 Å². The van der Waals surface area contributed by atoms with Crippen molar-refractivity contribution in [2.45, 2.75) is 19.8 Å². The van der Waals surface area contributed by atoms with Gasteiger partial charge in [-0.1, -0.05) is 0 Å². The molecule has 1 aliphatic rings. The molecule has 0 aliphatic carbocycles. The second kappa shape index (κ2) is 6.56. The van der Waals surface area contributed by atoms with Crippen LogP contribution in [0.4, 0.5) is 17.6 Å². The summed E-state index contributed by atoms with van der Waals surface area (Å²) in [7, 11) is 1.75. The summed E-state index contributed by atoms with van der Waals surface area (Å²) in [5.41, 5.74) is 5.78. The summed E-state index contributed by atoms with van der Waals surface area (Å²) in [5, 5.41) is 3.18. The first kappa shape index (κ1) is 13.9. The molecule has 0 radical (unpaired) electrons. The standard InChI is InChI=1S/C13H23N5O/c1-3-15-11-7-12(17-13(14)16-11)18-6-4-5-10(8-18)9-19-2/h7,10H,3-6,8-9H2,1-2H3,(H3,14,15,16,17). The largest absolute Gasteiger partial charge is 0.384 e. The van der Waals surface area contributed by atoms with Gasteiger partial charge in [-0.3, -0.25) is 0 Å². The molecule has 0 spiro atoms. The van der Waals surface area contributed by atoms with Gasteiger partial charge in [0.15, 0.2) is 0 Å². The van der Waals surface area contributed by atoms with Crippen LogP contribution in [0.3, 0.4) is 0 Å². The Morgan fingerprint density at radius 2 is 2.37 bits per heavy atom.